The van der Waals surface area contributed by atoms with Crippen molar-refractivity contribution in [2.45, 2.75) is 19.1 Å². The van der Waals surface area contributed by atoms with Gasteiger partial charge >= 0.3 is 0 Å². The lowest BCUT2D eigenvalue weighted by atomic mass is 9.92. The maximum absolute atomic E-state index is 14.9. The van der Waals surface area contributed by atoms with Gasteiger partial charge in [-0.1, -0.05) is 0 Å². The van der Waals surface area contributed by atoms with E-state index in [0.29, 0.717) is 5.82 Å². The lowest BCUT2D eigenvalue weighted by molar-refractivity contribution is 0.279. The van der Waals surface area contributed by atoms with Crippen LogP contribution in [0.15, 0.2) is 41.9 Å². The van der Waals surface area contributed by atoms with Crippen molar-refractivity contribution in [3.05, 3.63) is 71.2 Å². The van der Waals surface area contributed by atoms with Crippen LogP contribution >= 0.6 is 0 Å². The van der Waals surface area contributed by atoms with E-state index in [1.54, 1.807) is 24.0 Å². The molecule has 0 saturated heterocycles. The summed E-state index contributed by atoms with van der Waals surface area (Å²) in [5, 5.41) is 0. The van der Waals surface area contributed by atoms with Crippen molar-refractivity contribution in [3.63, 3.8) is 0 Å². The van der Waals surface area contributed by atoms with Gasteiger partial charge in [0.05, 0.1) is 18.1 Å². The van der Waals surface area contributed by atoms with Crippen LogP contribution in [0.4, 0.5) is 13.2 Å². The second-order valence-corrected chi connectivity index (χ2v) is 10.3. The summed E-state index contributed by atoms with van der Waals surface area (Å²) in [6.07, 6.45) is 6.63. The van der Waals surface area contributed by atoms with Gasteiger partial charge in [-0.3, -0.25) is 0 Å². The van der Waals surface area contributed by atoms with Gasteiger partial charge in [0, 0.05) is 32.1 Å². The van der Waals surface area contributed by atoms with Crippen LogP contribution in [0.3, 0.4) is 0 Å². The summed E-state index contributed by atoms with van der Waals surface area (Å²) < 4.78 is 76.9. The Kier molecular flexibility index (Phi) is 6.47. The van der Waals surface area contributed by atoms with Crippen LogP contribution < -0.4 is 10.5 Å². The van der Waals surface area contributed by atoms with Gasteiger partial charge in [0.25, 0.3) is 0 Å². The number of hydrogen-bond acceptors (Lipinski definition) is 8. The van der Waals surface area contributed by atoms with Crippen LogP contribution in [0.1, 0.15) is 29.6 Å². The quantitative estimate of drug-likeness (QED) is 0.527. The van der Waals surface area contributed by atoms with Crippen molar-refractivity contribution in [3.8, 4) is 5.88 Å². The van der Waals surface area contributed by atoms with E-state index >= 15 is 0 Å². The number of aliphatic imine (C=N–C) groups is 1. The van der Waals surface area contributed by atoms with Crippen molar-refractivity contribution in [1.82, 2.24) is 23.8 Å². The number of aromatic nitrogens is 4. The van der Waals surface area contributed by atoms with Crippen LogP contribution in [0, 0.1) is 11.6 Å². The number of rotatable bonds is 6. The van der Waals surface area contributed by atoms with E-state index in [0.717, 1.165) is 28.7 Å². The molecule has 1 aromatic carbocycles. The van der Waals surface area contributed by atoms with E-state index in [4.69, 9.17) is 10.5 Å². The molecule has 190 valence electrons. The monoisotopic (exact) mass is 521 g/mol. The second-order valence-electron chi connectivity index (χ2n) is 8.31. The molecular weight excluding hydrogens is 499 g/mol. The van der Waals surface area contributed by atoms with Crippen LogP contribution in [-0.4, -0.2) is 51.0 Å². The molecule has 2 aromatic heterocycles. The fourth-order valence-corrected chi connectivity index (χ4v) is 5.03. The Morgan fingerprint density at radius 2 is 1.97 bits per heavy atom. The number of guanidine groups is 1. The topological polar surface area (TPSA) is 129 Å². The molecule has 1 atom stereocenters. The third kappa shape index (κ3) is 4.89. The lowest BCUT2D eigenvalue weighted by Gasteiger charge is -2.34. The van der Waals surface area contributed by atoms with Crippen LogP contribution in [0.5, 0.6) is 5.88 Å². The molecule has 0 aliphatic carbocycles. The smallest absolute Gasteiger partial charge is 0.239 e. The molecule has 3 aromatic rings. The Bertz CT molecular complexity index is 1470. The predicted molar refractivity (Wildman–Crippen MR) is 125 cm³/mol. The Balaban J connectivity index is 1.60. The normalized spacial score (nSPS) is 19.8. The van der Waals surface area contributed by atoms with Gasteiger partial charge in [-0.05, 0) is 30.7 Å². The summed E-state index contributed by atoms with van der Waals surface area (Å²) in [6, 6.07) is 1.89. The fourth-order valence-electron chi connectivity index (χ4n) is 3.58. The van der Waals surface area contributed by atoms with Crippen LogP contribution in [0.25, 0.3) is 11.9 Å². The third-order valence-corrected chi connectivity index (χ3v) is 7.58. The summed E-state index contributed by atoms with van der Waals surface area (Å²) in [7, 11) is -0.930. The maximum atomic E-state index is 14.9. The largest absolute Gasteiger partial charge is 0.468 e. The summed E-state index contributed by atoms with van der Waals surface area (Å²) in [4.78, 5) is 16.1. The molecule has 10 nitrogen and oxygen atoms in total. The minimum Gasteiger partial charge on any atom is -0.468 e. The van der Waals surface area contributed by atoms with Gasteiger partial charge in [0.1, 0.15) is 23.7 Å². The molecule has 2 N–H and O–H groups in total. The molecule has 1 unspecified atom stereocenters. The van der Waals surface area contributed by atoms with Gasteiger partial charge in [-0.2, -0.15) is 0 Å². The molecule has 1 aliphatic heterocycles. The number of nitrogens with zero attached hydrogens (tertiary/aromatic N) is 6. The summed E-state index contributed by atoms with van der Waals surface area (Å²) in [6.45, 7) is 1.44. The van der Waals surface area contributed by atoms with Crippen molar-refractivity contribution in [1.29, 1.82) is 0 Å². The molecule has 0 saturated carbocycles. The number of ether oxygens (including phenoxy) is 1. The number of sulfonamides is 1. The molecule has 1 aliphatic rings. The number of halogens is 3. The van der Waals surface area contributed by atoms with E-state index < -0.39 is 38.8 Å². The third-order valence-electron chi connectivity index (χ3n) is 5.63. The Hall–Kier alpha value is -3.94. The Labute approximate surface area is 205 Å². The maximum Gasteiger partial charge on any atom is 0.239 e. The first-order valence-electron chi connectivity index (χ1n) is 10.5. The second kappa shape index (κ2) is 9.26. The van der Waals surface area contributed by atoms with E-state index in [1.165, 1.54) is 20.2 Å². The highest BCUT2D eigenvalue weighted by atomic mass is 32.2. The molecule has 0 spiro atoms. The molecule has 14 heteroatoms. The van der Waals surface area contributed by atoms with Crippen LogP contribution in [0.2, 0.25) is 0 Å². The lowest BCUT2D eigenvalue weighted by Crippen LogP contribution is -2.50. The highest BCUT2D eigenvalue weighted by Gasteiger charge is 2.42. The first-order chi connectivity index (χ1) is 16.9. The molecule has 0 bridgehead atoms. The van der Waals surface area contributed by atoms with Gasteiger partial charge in [0.2, 0.25) is 21.9 Å². The number of imidazole rings is 1. The number of nitrogens with two attached hydrogens (primary N) is 1. The SMILES string of the molecule is CN1C(N)=NC(C)(c2cc(C=C(F)c3cnc(OCc4nccn4C)cn3)cc(F)c2F)CS1(=O)=O. The van der Waals surface area contributed by atoms with Gasteiger partial charge in [-0.15, -0.1) is 0 Å². The average Bonchev–Trinajstić information content (AvgIpc) is 3.23. The Morgan fingerprint density at radius 3 is 2.58 bits per heavy atom. The highest BCUT2D eigenvalue weighted by molar-refractivity contribution is 7.89. The first kappa shape index (κ1) is 25.2. The van der Waals surface area contributed by atoms with Crippen molar-refractivity contribution in [2.75, 3.05) is 12.8 Å². The molecule has 0 radical (unpaired) electrons. The summed E-state index contributed by atoms with van der Waals surface area (Å²) >= 11 is 0. The predicted octanol–water partition coefficient (Wildman–Crippen LogP) is 2.34. The molecule has 0 amide bonds. The highest BCUT2D eigenvalue weighted by Crippen LogP contribution is 2.35. The van der Waals surface area contributed by atoms with Gasteiger partial charge in [-0.25, -0.2) is 45.8 Å². The zero-order valence-electron chi connectivity index (χ0n) is 19.5. The van der Waals surface area contributed by atoms with E-state index in [9.17, 15) is 21.6 Å². The number of aryl methyl sites for hydroxylation is 1. The number of benzene rings is 1. The zero-order valence-corrected chi connectivity index (χ0v) is 20.3. The molecular formula is C22H22F3N7O3S. The zero-order chi connectivity index (χ0) is 26.3. The molecule has 36 heavy (non-hydrogen) atoms. The average molecular weight is 522 g/mol. The summed E-state index contributed by atoms with van der Waals surface area (Å²) in [5.41, 5.74) is 3.32. The van der Waals surface area contributed by atoms with E-state index in [1.807, 2.05) is 0 Å². The van der Waals surface area contributed by atoms with Crippen molar-refractivity contribution < 1.29 is 26.3 Å². The standard InChI is InChI=1S/C22H22F3N7O3S/c1-22(12-36(33,34)32(3)21(26)30-22)14-6-13(8-16(24)20(14)25)7-15(23)17-9-29-19(10-28-17)35-11-18-27-4-5-31(18)2/h4-10H,11-12H2,1-3H3,(H2,26,30). The minimum absolute atomic E-state index is 0.0790. The van der Waals surface area contributed by atoms with Gasteiger partial charge < -0.3 is 15.0 Å². The minimum atomic E-state index is -3.94. The fraction of sp³-hybridized carbons (Fsp3) is 0.273. The van der Waals surface area contributed by atoms with E-state index in [-0.39, 0.29) is 35.3 Å². The molecule has 3 heterocycles. The molecule has 4 rings (SSSR count). The van der Waals surface area contributed by atoms with Gasteiger partial charge in [0.15, 0.2) is 17.5 Å². The van der Waals surface area contributed by atoms with E-state index in [2.05, 4.69) is 19.9 Å². The van der Waals surface area contributed by atoms with Crippen LogP contribution in [-0.2, 0) is 29.2 Å². The first-order valence-corrected chi connectivity index (χ1v) is 12.1. The number of hydrogen-bond donors (Lipinski definition) is 1. The molecule has 0 fully saturated rings. The summed E-state index contributed by atoms with van der Waals surface area (Å²) in [5.74, 6) is -3.75. The Morgan fingerprint density at radius 1 is 1.22 bits per heavy atom. The van der Waals surface area contributed by atoms with Crippen molar-refractivity contribution in [2.24, 2.45) is 17.8 Å². The van der Waals surface area contributed by atoms with Crippen molar-refractivity contribution >= 4 is 27.9 Å².